The van der Waals surface area contributed by atoms with Gasteiger partial charge in [-0.15, -0.1) is 0 Å². The van der Waals surface area contributed by atoms with E-state index < -0.39 is 42.2 Å². The van der Waals surface area contributed by atoms with Gasteiger partial charge in [-0.25, -0.2) is 4.79 Å². The molecule has 11 nitrogen and oxygen atoms in total. The van der Waals surface area contributed by atoms with E-state index in [0.717, 1.165) is 13.0 Å². The second kappa shape index (κ2) is 10.5. The lowest BCUT2D eigenvalue weighted by atomic mass is 10.0. The topological polar surface area (TPSA) is 180 Å². The number of carboxylic acid groups (broad SMARTS) is 1. The fourth-order valence-corrected chi connectivity index (χ4v) is 2.62. The lowest BCUT2D eigenvalue weighted by Crippen LogP contribution is -2.56. The van der Waals surface area contributed by atoms with Crippen LogP contribution in [0.1, 0.15) is 33.1 Å². The quantitative estimate of drug-likeness (QED) is 0.239. The third-order valence-corrected chi connectivity index (χ3v) is 4.09. The predicted molar refractivity (Wildman–Crippen MR) is 94.2 cm³/mol. The minimum Gasteiger partial charge on any atom is -0.480 e. The van der Waals surface area contributed by atoms with E-state index in [1.807, 2.05) is 0 Å². The Morgan fingerprint density at radius 3 is 2.33 bits per heavy atom. The maximum Gasteiger partial charge on any atom is 0.326 e. The Balaban J connectivity index is 2.58. The summed E-state index contributed by atoms with van der Waals surface area (Å²) >= 11 is 0. The number of nitrogens with two attached hydrogens (primary N) is 1. The Labute approximate surface area is 156 Å². The van der Waals surface area contributed by atoms with E-state index in [1.54, 1.807) is 13.8 Å². The highest BCUT2D eigenvalue weighted by molar-refractivity contribution is 5.93. The van der Waals surface area contributed by atoms with Crippen molar-refractivity contribution in [3.05, 3.63) is 0 Å². The average molecular weight is 385 g/mol. The summed E-state index contributed by atoms with van der Waals surface area (Å²) in [4.78, 5) is 58.3. The van der Waals surface area contributed by atoms with Crippen molar-refractivity contribution in [2.24, 2.45) is 11.7 Å². The normalized spacial score (nSPS) is 18.4. The molecular weight excluding hydrogens is 358 g/mol. The number of amides is 4. The minimum absolute atomic E-state index is 0.291. The number of hydrogen-bond acceptors (Lipinski definition) is 6. The van der Waals surface area contributed by atoms with Crippen LogP contribution in [0.4, 0.5) is 0 Å². The second-order valence-electron chi connectivity index (χ2n) is 6.73. The molecule has 4 amide bonds. The predicted octanol–water partition coefficient (Wildman–Crippen LogP) is -2.56. The summed E-state index contributed by atoms with van der Waals surface area (Å²) in [6.45, 7) is 3.76. The Kier molecular flexibility index (Phi) is 8.66. The van der Waals surface area contributed by atoms with E-state index in [1.165, 1.54) is 0 Å². The first-order valence-electron chi connectivity index (χ1n) is 8.73. The van der Waals surface area contributed by atoms with Gasteiger partial charge in [0.25, 0.3) is 0 Å². The van der Waals surface area contributed by atoms with Crippen molar-refractivity contribution in [1.29, 1.82) is 0 Å². The number of primary amides is 1. The summed E-state index contributed by atoms with van der Waals surface area (Å²) in [5.74, 6) is -4.28. The van der Waals surface area contributed by atoms with Crippen LogP contribution in [0.2, 0.25) is 0 Å². The fraction of sp³-hybridized carbons (Fsp3) is 0.688. The summed E-state index contributed by atoms with van der Waals surface area (Å²) in [6, 6.07) is -2.85. The Bertz CT molecular complexity index is 588. The van der Waals surface area contributed by atoms with Gasteiger partial charge in [0.15, 0.2) is 0 Å². The molecule has 7 N–H and O–H groups in total. The molecule has 0 bridgehead atoms. The number of carbonyl (C=O) groups is 5. The minimum atomic E-state index is -1.48. The van der Waals surface area contributed by atoms with Crippen LogP contribution in [0.3, 0.4) is 0 Å². The van der Waals surface area contributed by atoms with Crippen molar-refractivity contribution in [2.45, 2.75) is 51.2 Å². The molecule has 1 aliphatic heterocycles. The SMILES string of the molecule is CC(C)C(NC(=O)CNC(=O)C1CCCN1)C(=O)NC(CC(N)=O)C(=O)O. The van der Waals surface area contributed by atoms with Gasteiger partial charge in [-0.3, -0.25) is 19.2 Å². The Morgan fingerprint density at radius 2 is 1.85 bits per heavy atom. The largest absolute Gasteiger partial charge is 0.480 e. The van der Waals surface area contributed by atoms with Crippen LogP contribution in [-0.4, -0.2) is 65.9 Å². The van der Waals surface area contributed by atoms with Gasteiger partial charge in [0.2, 0.25) is 23.6 Å². The molecule has 3 unspecified atom stereocenters. The first kappa shape index (κ1) is 22.4. The lowest BCUT2D eigenvalue weighted by molar-refractivity contribution is -0.144. The van der Waals surface area contributed by atoms with Crippen LogP contribution in [0.5, 0.6) is 0 Å². The van der Waals surface area contributed by atoms with Gasteiger partial charge in [0.05, 0.1) is 19.0 Å². The van der Waals surface area contributed by atoms with Crippen LogP contribution in [0, 0.1) is 5.92 Å². The molecule has 3 atom stereocenters. The molecule has 1 rings (SSSR count). The molecule has 1 aliphatic rings. The van der Waals surface area contributed by atoms with Gasteiger partial charge < -0.3 is 32.1 Å². The van der Waals surface area contributed by atoms with Crippen molar-refractivity contribution in [3.8, 4) is 0 Å². The molecule has 0 aromatic heterocycles. The molecule has 1 heterocycles. The molecule has 1 saturated heterocycles. The van der Waals surface area contributed by atoms with Crippen LogP contribution in [-0.2, 0) is 24.0 Å². The zero-order valence-corrected chi connectivity index (χ0v) is 15.4. The van der Waals surface area contributed by atoms with Crippen molar-refractivity contribution in [3.63, 3.8) is 0 Å². The molecule has 0 aromatic carbocycles. The van der Waals surface area contributed by atoms with Crippen molar-refractivity contribution >= 4 is 29.6 Å². The number of carboxylic acids is 1. The first-order chi connectivity index (χ1) is 12.6. The Hall–Kier alpha value is -2.69. The van der Waals surface area contributed by atoms with E-state index in [4.69, 9.17) is 10.8 Å². The van der Waals surface area contributed by atoms with Crippen LogP contribution in [0.25, 0.3) is 0 Å². The zero-order valence-electron chi connectivity index (χ0n) is 15.4. The van der Waals surface area contributed by atoms with Gasteiger partial charge in [0.1, 0.15) is 12.1 Å². The van der Waals surface area contributed by atoms with E-state index in [9.17, 15) is 24.0 Å². The summed E-state index contributed by atoms with van der Waals surface area (Å²) in [7, 11) is 0. The molecule has 11 heteroatoms. The van der Waals surface area contributed by atoms with Gasteiger partial charge in [-0.2, -0.15) is 0 Å². The summed E-state index contributed by atoms with van der Waals surface area (Å²) in [6.07, 6.45) is 1.02. The summed E-state index contributed by atoms with van der Waals surface area (Å²) < 4.78 is 0. The van der Waals surface area contributed by atoms with Crippen molar-refractivity contribution < 1.29 is 29.1 Å². The number of carbonyl (C=O) groups excluding carboxylic acids is 4. The first-order valence-corrected chi connectivity index (χ1v) is 8.73. The van der Waals surface area contributed by atoms with Crippen LogP contribution in [0.15, 0.2) is 0 Å². The van der Waals surface area contributed by atoms with Crippen LogP contribution < -0.4 is 27.0 Å². The number of nitrogens with one attached hydrogen (secondary N) is 4. The molecular formula is C16H27N5O6. The molecule has 0 radical (unpaired) electrons. The second-order valence-corrected chi connectivity index (χ2v) is 6.73. The smallest absolute Gasteiger partial charge is 0.326 e. The highest BCUT2D eigenvalue weighted by Crippen LogP contribution is 2.05. The van der Waals surface area contributed by atoms with E-state index in [0.29, 0.717) is 6.42 Å². The lowest BCUT2D eigenvalue weighted by Gasteiger charge is -2.24. The molecule has 0 aliphatic carbocycles. The number of aliphatic carboxylic acids is 1. The molecule has 152 valence electrons. The van der Waals surface area contributed by atoms with Crippen molar-refractivity contribution in [1.82, 2.24) is 21.3 Å². The summed E-state index contributed by atoms with van der Waals surface area (Å²) in [5, 5.41) is 19.2. The maximum atomic E-state index is 12.3. The van der Waals surface area contributed by atoms with E-state index in [-0.39, 0.29) is 24.4 Å². The zero-order chi connectivity index (χ0) is 20.6. The molecule has 0 spiro atoms. The van der Waals surface area contributed by atoms with E-state index in [2.05, 4.69) is 21.3 Å². The van der Waals surface area contributed by atoms with Gasteiger partial charge in [-0.1, -0.05) is 13.8 Å². The summed E-state index contributed by atoms with van der Waals surface area (Å²) in [5.41, 5.74) is 4.97. The van der Waals surface area contributed by atoms with Crippen LogP contribution >= 0.6 is 0 Å². The third kappa shape index (κ3) is 7.60. The number of hydrogen-bond donors (Lipinski definition) is 6. The van der Waals surface area contributed by atoms with E-state index >= 15 is 0 Å². The maximum absolute atomic E-state index is 12.3. The third-order valence-electron chi connectivity index (χ3n) is 4.09. The van der Waals surface area contributed by atoms with Gasteiger partial charge in [0, 0.05) is 0 Å². The highest BCUT2D eigenvalue weighted by Gasteiger charge is 2.30. The average Bonchev–Trinajstić information content (AvgIpc) is 3.10. The molecule has 0 aromatic rings. The van der Waals surface area contributed by atoms with Crippen molar-refractivity contribution in [2.75, 3.05) is 13.1 Å². The fourth-order valence-electron chi connectivity index (χ4n) is 2.62. The monoisotopic (exact) mass is 385 g/mol. The van der Waals surface area contributed by atoms with Gasteiger partial charge >= 0.3 is 5.97 Å². The molecule has 27 heavy (non-hydrogen) atoms. The molecule has 0 saturated carbocycles. The molecule has 1 fully saturated rings. The standard InChI is InChI=1S/C16H27N5O6/c1-8(2)13(15(25)20-10(16(26)27)6-11(17)22)21-12(23)7-19-14(24)9-4-3-5-18-9/h8-10,13,18H,3-7H2,1-2H3,(H2,17,22)(H,19,24)(H,20,25)(H,21,23)(H,26,27). The van der Waals surface area contributed by atoms with Gasteiger partial charge in [-0.05, 0) is 25.3 Å². The highest BCUT2D eigenvalue weighted by atomic mass is 16.4. The Morgan fingerprint density at radius 1 is 1.19 bits per heavy atom. The number of rotatable bonds is 10.